The number of fused-ring (bicyclic) bond motifs is 1. The van der Waals surface area contributed by atoms with Crippen LogP contribution in [0.3, 0.4) is 0 Å². The maximum Gasteiger partial charge on any atom is 0.0413 e. The van der Waals surface area contributed by atoms with Crippen LogP contribution in [0.2, 0.25) is 0 Å². The van der Waals surface area contributed by atoms with Crippen molar-refractivity contribution in [1.82, 2.24) is 0 Å². The maximum atomic E-state index is 2.98. The van der Waals surface area contributed by atoms with Gasteiger partial charge in [0.05, 0.1) is 0 Å². The van der Waals surface area contributed by atoms with Crippen LogP contribution in [0.4, 0.5) is 0 Å². The third-order valence-corrected chi connectivity index (χ3v) is 0.976. The molecule has 0 heteroatoms. The highest BCUT2D eigenvalue weighted by atomic mass is 14.1. The Labute approximate surface area is 42.2 Å². The van der Waals surface area contributed by atoms with Crippen LogP contribution in [-0.2, 0) is 0 Å². The van der Waals surface area contributed by atoms with Crippen LogP contribution in [0, 0.1) is 12.2 Å². The van der Waals surface area contributed by atoms with E-state index in [1.54, 1.807) is 0 Å². The first kappa shape index (κ1) is 2.98. The minimum atomic E-state index is 1.10. The monoisotopic (exact) mass is 86.0 g/mol. The highest BCUT2D eigenvalue weighted by molar-refractivity contribution is 5.57. The number of hydrogen-bond acceptors (Lipinski definition) is 0. The molecule has 0 fully saturated rings. The quantitative estimate of drug-likeness (QED) is 0.307. The largest absolute Gasteiger partial charge is 0.110 e. The van der Waals surface area contributed by atoms with E-state index in [1.165, 1.54) is 0 Å². The van der Waals surface area contributed by atoms with Crippen molar-refractivity contribution in [3.05, 3.63) is 41.2 Å². The first-order chi connectivity index (χ1) is 3.47. The molecule has 0 heterocycles. The van der Waals surface area contributed by atoms with Gasteiger partial charge in [0, 0.05) is 17.2 Å². The molecule has 30 valence electrons. The van der Waals surface area contributed by atoms with Crippen molar-refractivity contribution in [1.29, 1.82) is 0 Å². The van der Waals surface area contributed by atoms with Crippen LogP contribution < -0.4 is 0 Å². The Morgan fingerprint density at radius 2 is 2.71 bits per heavy atom. The SMILES string of the molecule is C1=CC=[C+]C2=[C-]C=12. The lowest BCUT2D eigenvalue weighted by molar-refractivity contribution is 1.72. The van der Waals surface area contributed by atoms with Gasteiger partial charge in [-0.2, -0.15) is 0 Å². The van der Waals surface area contributed by atoms with E-state index in [4.69, 9.17) is 0 Å². The van der Waals surface area contributed by atoms with Gasteiger partial charge in [0.1, 0.15) is 0 Å². The molecule has 0 N–H and O–H groups in total. The summed E-state index contributed by atoms with van der Waals surface area (Å²) in [7, 11) is 0. The van der Waals surface area contributed by atoms with Crippen LogP contribution in [0.1, 0.15) is 0 Å². The molecule has 0 nitrogen and oxygen atoms in total. The Bertz CT molecular complexity index is 218. The topological polar surface area (TPSA) is 0 Å². The van der Waals surface area contributed by atoms with Crippen molar-refractivity contribution in [2.45, 2.75) is 0 Å². The molecule has 7 heavy (non-hydrogen) atoms. The lowest BCUT2D eigenvalue weighted by Gasteiger charge is -1.75. The summed E-state index contributed by atoms with van der Waals surface area (Å²) >= 11 is 0. The molecule has 0 amide bonds. The van der Waals surface area contributed by atoms with Crippen LogP contribution in [0.5, 0.6) is 0 Å². The van der Waals surface area contributed by atoms with Gasteiger partial charge in [-0.05, 0) is 12.2 Å². The summed E-state index contributed by atoms with van der Waals surface area (Å²) in [5.41, 5.74) is 5.18. The Hall–Kier alpha value is -1.09. The van der Waals surface area contributed by atoms with E-state index in [0.29, 0.717) is 0 Å². The van der Waals surface area contributed by atoms with Crippen molar-refractivity contribution in [3.63, 3.8) is 0 Å². The Morgan fingerprint density at radius 1 is 1.71 bits per heavy atom. The van der Waals surface area contributed by atoms with E-state index in [9.17, 15) is 0 Å². The second-order valence-corrected chi connectivity index (χ2v) is 1.50. The zero-order chi connectivity index (χ0) is 4.69. The highest BCUT2D eigenvalue weighted by Gasteiger charge is 2.14. The van der Waals surface area contributed by atoms with Gasteiger partial charge in [-0.3, -0.25) is 0 Å². The Morgan fingerprint density at radius 3 is 3.29 bits per heavy atom. The third kappa shape index (κ3) is 0.293. The number of allylic oxidation sites excluding steroid dienone is 5. The summed E-state index contributed by atoms with van der Waals surface area (Å²) in [6.45, 7) is 0. The van der Waals surface area contributed by atoms with Crippen molar-refractivity contribution in [3.8, 4) is 0 Å². The predicted molar refractivity (Wildman–Crippen MR) is 26.2 cm³/mol. The lowest BCUT2D eigenvalue weighted by Crippen LogP contribution is -1.59. The third-order valence-electron chi connectivity index (χ3n) is 0.976. The molecule has 2 aliphatic carbocycles. The van der Waals surface area contributed by atoms with E-state index >= 15 is 0 Å². The standard InChI is InChI=1S/C7H2/c1-2-4-7-5-6(7)3-1/h1-2H. The molecule has 0 radical (unpaired) electrons. The smallest absolute Gasteiger partial charge is 0.0413 e. The molecule has 0 saturated carbocycles. The van der Waals surface area contributed by atoms with E-state index in [0.717, 1.165) is 11.1 Å². The van der Waals surface area contributed by atoms with Crippen LogP contribution >= 0.6 is 0 Å². The predicted octanol–water partition coefficient (Wildman–Crippen LogP) is 1.18. The second kappa shape index (κ2) is 0.764. The maximum absolute atomic E-state index is 2.98. The molecule has 0 bridgehead atoms. The van der Waals surface area contributed by atoms with Crippen LogP contribution in [-0.4, -0.2) is 0 Å². The zero-order valence-electron chi connectivity index (χ0n) is 3.65. The minimum absolute atomic E-state index is 1.10. The molecule has 0 aromatic rings. The minimum Gasteiger partial charge on any atom is -0.110 e. The molecule has 0 unspecified atom stereocenters. The van der Waals surface area contributed by atoms with Crippen molar-refractivity contribution in [2.24, 2.45) is 0 Å². The van der Waals surface area contributed by atoms with Gasteiger partial charge in [-0.25, -0.2) is 0 Å². The van der Waals surface area contributed by atoms with Gasteiger partial charge < -0.3 is 0 Å². The molecule has 0 atom stereocenters. The summed E-state index contributed by atoms with van der Waals surface area (Å²) < 4.78 is 0. The molecular formula is C7H2. The fourth-order valence-corrected chi connectivity index (χ4v) is 0.560. The summed E-state index contributed by atoms with van der Waals surface area (Å²) in [4.78, 5) is 0. The molecular weight excluding hydrogens is 84.1 g/mol. The Kier molecular flexibility index (Phi) is 0.326. The summed E-state index contributed by atoms with van der Waals surface area (Å²) in [6, 6.07) is 0. The van der Waals surface area contributed by atoms with E-state index in [1.807, 2.05) is 12.2 Å². The molecule has 0 saturated heterocycles. The van der Waals surface area contributed by atoms with Crippen LogP contribution in [0.15, 0.2) is 29.0 Å². The van der Waals surface area contributed by atoms with E-state index in [-0.39, 0.29) is 0 Å². The number of rotatable bonds is 0. The Balaban J connectivity index is 2.69. The lowest BCUT2D eigenvalue weighted by atomic mass is 10.3. The van der Waals surface area contributed by atoms with Crippen molar-refractivity contribution in [2.75, 3.05) is 0 Å². The fourth-order valence-electron chi connectivity index (χ4n) is 0.560. The average Bonchev–Trinajstić information content (AvgIpc) is 2.41. The summed E-state index contributed by atoms with van der Waals surface area (Å²) in [5, 5.41) is 0. The first-order valence-corrected chi connectivity index (χ1v) is 2.16. The molecule has 0 spiro atoms. The fraction of sp³-hybridized carbons (Fsp3) is 0. The highest BCUT2D eigenvalue weighted by Crippen LogP contribution is 2.26. The molecule has 2 rings (SSSR count). The molecule has 0 aromatic carbocycles. The van der Waals surface area contributed by atoms with E-state index < -0.39 is 0 Å². The van der Waals surface area contributed by atoms with Gasteiger partial charge in [0.25, 0.3) is 0 Å². The molecule has 0 aromatic heterocycles. The van der Waals surface area contributed by atoms with Crippen molar-refractivity contribution < 1.29 is 0 Å². The average molecular weight is 86.1 g/mol. The van der Waals surface area contributed by atoms with Gasteiger partial charge in [0.15, 0.2) is 0 Å². The van der Waals surface area contributed by atoms with Crippen LogP contribution in [0.25, 0.3) is 0 Å². The summed E-state index contributed by atoms with van der Waals surface area (Å²) in [5.74, 6) is 0. The number of hydrogen-bond donors (Lipinski definition) is 0. The second-order valence-electron chi connectivity index (χ2n) is 1.50. The van der Waals surface area contributed by atoms with E-state index in [2.05, 4.69) is 17.9 Å². The van der Waals surface area contributed by atoms with Gasteiger partial charge in [0.2, 0.25) is 0 Å². The van der Waals surface area contributed by atoms with Gasteiger partial charge >= 0.3 is 0 Å². The van der Waals surface area contributed by atoms with Gasteiger partial charge in [-0.1, -0.05) is 0 Å². The normalized spacial score (nSPS) is 19.4. The molecule has 0 aliphatic heterocycles. The van der Waals surface area contributed by atoms with Gasteiger partial charge in [-0.15, -0.1) is 11.8 Å². The molecule has 2 aliphatic rings. The van der Waals surface area contributed by atoms with Crippen molar-refractivity contribution >= 4 is 0 Å². The first-order valence-electron chi connectivity index (χ1n) is 2.16. The zero-order valence-corrected chi connectivity index (χ0v) is 3.65. The summed E-state index contributed by atoms with van der Waals surface area (Å²) in [6.07, 6.45) is 9.65.